The molecule has 0 aromatic heterocycles. The van der Waals surface area contributed by atoms with Gasteiger partial charge in [0.05, 0.1) is 12.2 Å². The van der Waals surface area contributed by atoms with Gasteiger partial charge in [-0.15, -0.1) is 0 Å². The largest absolute Gasteiger partial charge is 0.488 e. The summed E-state index contributed by atoms with van der Waals surface area (Å²) >= 11 is 0. The topological polar surface area (TPSA) is 35.5 Å². The van der Waals surface area contributed by atoms with Crippen molar-refractivity contribution in [3.63, 3.8) is 0 Å². The van der Waals surface area contributed by atoms with Crippen molar-refractivity contribution in [2.45, 2.75) is 71.8 Å². The fraction of sp³-hybridized carbons (Fsp3) is 0.444. The molecule has 158 valence electrons. The van der Waals surface area contributed by atoms with E-state index in [0.717, 1.165) is 36.1 Å². The second-order valence-electron chi connectivity index (χ2n) is 9.23. The highest BCUT2D eigenvalue weighted by molar-refractivity contribution is 5.89. The quantitative estimate of drug-likeness (QED) is 0.459. The second-order valence-corrected chi connectivity index (χ2v) is 9.23. The maximum atomic E-state index is 11.8. The number of rotatable bonds is 4. The minimum absolute atomic E-state index is 0.0273. The SMILES string of the molecule is CCCc1cc2c(cc1C#Cc1ccc(C(=O)OCC)cc1)C(C)(C)CC(C)(C)O2. The van der Waals surface area contributed by atoms with Crippen molar-refractivity contribution in [1.82, 2.24) is 0 Å². The van der Waals surface area contributed by atoms with Gasteiger partial charge in [0, 0.05) is 16.7 Å². The molecule has 0 amide bonds. The van der Waals surface area contributed by atoms with Crippen LogP contribution in [0.25, 0.3) is 0 Å². The van der Waals surface area contributed by atoms with Gasteiger partial charge in [-0.25, -0.2) is 4.79 Å². The second kappa shape index (κ2) is 8.56. The Balaban J connectivity index is 1.96. The average Bonchev–Trinajstić information content (AvgIpc) is 2.66. The van der Waals surface area contributed by atoms with Crippen LogP contribution in [-0.4, -0.2) is 18.2 Å². The molecule has 0 atom stereocenters. The van der Waals surface area contributed by atoms with Gasteiger partial charge in [0.15, 0.2) is 0 Å². The van der Waals surface area contributed by atoms with Gasteiger partial charge in [0.25, 0.3) is 0 Å². The van der Waals surface area contributed by atoms with E-state index in [4.69, 9.17) is 9.47 Å². The van der Waals surface area contributed by atoms with Gasteiger partial charge >= 0.3 is 5.97 Å². The zero-order valence-corrected chi connectivity index (χ0v) is 19.0. The Morgan fingerprint density at radius 2 is 1.77 bits per heavy atom. The number of aryl methyl sites for hydroxylation is 1. The summed E-state index contributed by atoms with van der Waals surface area (Å²) in [5, 5.41) is 0. The molecule has 1 aliphatic rings. The van der Waals surface area contributed by atoms with E-state index in [9.17, 15) is 4.79 Å². The molecular formula is C27H32O3. The van der Waals surface area contributed by atoms with Gasteiger partial charge < -0.3 is 9.47 Å². The van der Waals surface area contributed by atoms with E-state index < -0.39 is 0 Å². The van der Waals surface area contributed by atoms with E-state index >= 15 is 0 Å². The molecular weight excluding hydrogens is 372 g/mol. The molecule has 0 saturated heterocycles. The third-order valence-electron chi connectivity index (χ3n) is 5.45. The third-order valence-corrected chi connectivity index (χ3v) is 5.45. The minimum Gasteiger partial charge on any atom is -0.488 e. The van der Waals surface area contributed by atoms with Crippen molar-refractivity contribution in [2.75, 3.05) is 6.61 Å². The third kappa shape index (κ3) is 4.87. The van der Waals surface area contributed by atoms with Crippen molar-refractivity contribution in [2.24, 2.45) is 0 Å². The fourth-order valence-electron chi connectivity index (χ4n) is 4.36. The highest BCUT2D eigenvalue weighted by atomic mass is 16.5. The van der Waals surface area contributed by atoms with E-state index in [1.807, 2.05) is 12.1 Å². The van der Waals surface area contributed by atoms with E-state index in [0.29, 0.717) is 12.2 Å². The van der Waals surface area contributed by atoms with Crippen LogP contribution in [0.2, 0.25) is 0 Å². The van der Waals surface area contributed by atoms with Gasteiger partial charge in [0.1, 0.15) is 11.4 Å². The lowest BCUT2D eigenvalue weighted by atomic mass is 9.73. The zero-order valence-electron chi connectivity index (χ0n) is 19.0. The predicted molar refractivity (Wildman–Crippen MR) is 121 cm³/mol. The normalized spacial score (nSPS) is 15.9. The molecule has 0 unspecified atom stereocenters. The van der Waals surface area contributed by atoms with E-state index in [1.54, 1.807) is 19.1 Å². The Bertz CT molecular complexity index is 985. The van der Waals surface area contributed by atoms with Crippen LogP contribution in [0.3, 0.4) is 0 Å². The number of carbonyl (C=O) groups is 1. The standard InChI is InChI=1S/C27H32O3/c1-7-9-21-17-24-23(26(3,4)18-27(5,6)30-24)16-22(21)15-12-19-10-13-20(14-11-19)25(28)29-8-2/h10-11,13-14,16-17H,7-9,18H2,1-6H3. The van der Waals surface area contributed by atoms with E-state index in [2.05, 4.69) is 58.6 Å². The lowest BCUT2D eigenvalue weighted by Crippen LogP contribution is -2.41. The van der Waals surface area contributed by atoms with Gasteiger partial charge in [-0.2, -0.15) is 0 Å². The summed E-state index contributed by atoms with van der Waals surface area (Å²) in [6.45, 7) is 13.2. The number of hydrogen-bond acceptors (Lipinski definition) is 3. The number of esters is 1. The molecule has 0 fully saturated rings. The van der Waals surface area contributed by atoms with Crippen LogP contribution in [0, 0.1) is 11.8 Å². The highest BCUT2D eigenvalue weighted by Gasteiger charge is 2.39. The maximum absolute atomic E-state index is 11.8. The molecule has 0 spiro atoms. The zero-order chi connectivity index (χ0) is 21.9. The summed E-state index contributed by atoms with van der Waals surface area (Å²) < 4.78 is 11.4. The highest BCUT2D eigenvalue weighted by Crippen LogP contribution is 2.45. The molecule has 3 heteroatoms. The Morgan fingerprint density at radius 3 is 2.40 bits per heavy atom. The molecule has 0 N–H and O–H groups in total. The number of fused-ring (bicyclic) bond motifs is 1. The van der Waals surface area contributed by atoms with Gasteiger partial charge in [-0.05, 0) is 81.0 Å². The molecule has 0 aliphatic carbocycles. The summed E-state index contributed by atoms with van der Waals surface area (Å²) in [5.41, 5.74) is 4.78. The Hall–Kier alpha value is -2.73. The molecule has 1 heterocycles. The van der Waals surface area contributed by atoms with Crippen LogP contribution < -0.4 is 4.74 Å². The average molecular weight is 405 g/mol. The number of carbonyl (C=O) groups excluding carboxylic acids is 1. The number of benzene rings is 2. The van der Waals surface area contributed by atoms with Gasteiger partial charge in [-0.1, -0.05) is 39.0 Å². The molecule has 30 heavy (non-hydrogen) atoms. The smallest absolute Gasteiger partial charge is 0.338 e. The summed E-state index contributed by atoms with van der Waals surface area (Å²) in [4.78, 5) is 11.8. The molecule has 1 aliphatic heterocycles. The van der Waals surface area contributed by atoms with E-state index in [-0.39, 0.29) is 17.0 Å². The molecule has 0 bridgehead atoms. The van der Waals surface area contributed by atoms with Crippen molar-refractivity contribution < 1.29 is 14.3 Å². The summed E-state index contributed by atoms with van der Waals surface area (Å²) in [5.74, 6) is 7.33. The van der Waals surface area contributed by atoms with Gasteiger partial charge in [0.2, 0.25) is 0 Å². The first-order valence-corrected chi connectivity index (χ1v) is 10.8. The monoisotopic (exact) mass is 404 g/mol. The molecule has 0 saturated carbocycles. The summed E-state index contributed by atoms with van der Waals surface area (Å²) in [6.07, 6.45) is 2.97. The first kappa shape index (κ1) is 22.0. The van der Waals surface area contributed by atoms with Crippen molar-refractivity contribution >= 4 is 5.97 Å². The van der Waals surface area contributed by atoms with Crippen LogP contribution in [0.15, 0.2) is 36.4 Å². The van der Waals surface area contributed by atoms with Crippen molar-refractivity contribution in [3.8, 4) is 17.6 Å². The molecule has 3 nitrogen and oxygen atoms in total. The molecule has 2 aromatic rings. The summed E-state index contributed by atoms with van der Waals surface area (Å²) in [7, 11) is 0. The molecule has 2 aromatic carbocycles. The van der Waals surface area contributed by atoms with Gasteiger partial charge in [-0.3, -0.25) is 0 Å². The number of ether oxygens (including phenoxy) is 2. The summed E-state index contributed by atoms with van der Waals surface area (Å²) in [6, 6.07) is 11.7. The van der Waals surface area contributed by atoms with Crippen molar-refractivity contribution in [1.29, 1.82) is 0 Å². The lowest BCUT2D eigenvalue weighted by Gasteiger charge is -2.42. The van der Waals surface area contributed by atoms with E-state index in [1.165, 1.54) is 11.1 Å². The molecule has 0 radical (unpaired) electrons. The van der Waals surface area contributed by atoms with Crippen LogP contribution in [0.4, 0.5) is 0 Å². The number of hydrogen-bond donors (Lipinski definition) is 0. The fourth-order valence-corrected chi connectivity index (χ4v) is 4.36. The van der Waals surface area contributed by atoms with Crippen LogP contribution >= 0.6 is 0 Å². The Morgan fingerprint density at radius 1 is 1.07 bits per heavy atom. The predicted octanol–water partition coefficient (Wildman–Crippen LogP) is 6.05. The van der Waals surface area contributed by atoms with Crippen molar-refractivity contribution in [3.05, 3.63) is 64.2 Å². The van der Waals surface area contributed by atoms with Crippen LogP contribution in [0.5, 0.6) is 5.75 Å². The maximum Gasteiger partial charge on any atom is 0.338 e. The van der Waals surface area contributed by atoms with Crippen LogP contribution in [0.1, 0.15) is 87.0 Å². The Labute approximate surface area is 180 Å². The first-order valence-electron chi connectivity index (χ1n) is 10.8. The molecule has 3 rings (SSSR count). The Kier molecular flexibility index (Phi) is 6.27. The van der Waals surface area contributed by atoms with Crippen LogP contribution in [-0.2, 0) is 16.6 Å². The minimum atomic E-state index is -0.304. The lowest BCUT2D eigenvalue weighted by molar-refractivity contribution is 0.0521. The first-order chi connectivity index (χ1) is 14.1.